The molecule has 25 heavy (non-hydrogen) atoms. The Morgan fingerprint density at radius 2 is 1.84 bits per heavy atom. The van der Waals surface area contributed by atoms with E-state index in [0.29, 0.717) is 16.6 Å². The van der Waals surface area contributed by atoms with Crippen LogP contribution in [0.25, 0.3) is 0 Å². The van der Waals surface area contributed by atoms with Gasteiger partial charge in [-0.05, 0) is 55.6 Å². The van der Waals surface area contributed by atoms with Crippen molar-refractivity contribution in [2.75, 3.05) is 45.7 Å². The molecular weight excluding hydrogens is 334 g/mol. The molecular formula is C19H31N3O2S. The third-order valence-electron chi connectivity index (χ3n) is 4.52. The standard InChI is InChI=1S/C19H31N3O2S/c1-14-10-15(2)13-22(12-14)9-5-8-20-19(25)21-16-6-7-17(23-3)18(11-16)24-4/h6-7,11,14-15H,5,8-10,12-13H2,1-4H3,(H2,20,21,25). The lowest BCUT2D eigenvalue weighted by atomic mass is 9.92. The first-order valence-electron chi connectivity index (χ1n) is 9.01. The maximum atomic E-state index is 5.38. The number of anilines is 1. The summed E-state index contributed by atoms with van der Waals surface area (Å²) in [6.45, 7) is 9.14. The van der Waals surface area contributed by atoms with Crippen LogP contribution in [-0.2, 0) is 0 Å². The minimum atomic E-state index is 0.632. The van der Waals surface area contributed by atoms with E-state index in [0.717, 1.165) is 37.0 Å². The monoisotopic (exact) mass is 365 g/mol. The molecule has 0 aromatic heterocycles. The number of hydrogen-bond acceptors (Lipinski definition) is 4. The second kappa shape index (κ2) is 9.82. The lowest BCUT2D eigenvalue weighted by molar-refractivity contribution is 0.140. The summed E-state index contributed by atoms with van der Waals surface area (Å²) in [6.07, 6.45) is 2.45. The van der Waals surface area contributed by atoms with E-state index in [1.165, 1.54) is 19.5 Å². The van der Waals surface area contributed by atoms with Crippen molar-refractivity contribution in [2.24, 2.45) is 11.8 Å². The number of nitrogens with one attached hydrogen (secondary N) is 2. The fourth-order valence-electron chi connectivity index (χ4n) is 3.57. The highest BCUT2D eigenvalue weighted by Gasteiger charge is 2.20. The van der Waals surface area contributed by atoms with Gasteiger partial charge in [-0.25, -0.2) is 0 Å². The van der Waals surface area contributed by atoms with E-state index in [1.807, 2.05) is 18.2 Å². The van der Waals surface area contributed by atoms with E-state index in [-0.39, 0.29) is 0 Å². The van der Waals surface area contributed by atoms with Gasteiger partial charge >= 0.3 is 0 Å². The Bertz CT molecular complexity index is 558. The maximum absolute atomic E-state index is 5.38. The molecule has 1 aromatic rings. The molecule has 1 aromatic carbocycles. The fourth-order valence-corrected chi connectivity index (χ4v) is 3.79. The number of nitrogens with zero attached hydrogens (tertiary/aromatic N) is 1. The number of thiocarbonyl (C=S) groups is 1. The van der Waals surface area contributed by atoms with Crippen molar-refractivity contribution in [1.82, 2.24) is 10.2 Å². The summed E-state index contributed by atoms with van der Waals surface area (Å²) >= 11 is 5.38. The molecule has 2 N–H and O–H groups in total. The lowest BCUT2D eigenvalue weighted by Gasteiger charge is -2.35. The molecule has 1 aliphatic rings. The zero-order valence-electron chi connectivity index (χ0n) is 15.8. The van der Waals surface area contributed by atoms with Crippen molar-refractivity contribution >= 4 is 23.0 Å². The summed E-state index contributed by atoms with van der Waals surface area (Å²) in [4.78, 5) is 2.57. The molecule has 0 amide bonds. The molecule has 6 heteroatoms. The Labute approximate surface area is 157 Å². The molecule has 1 fully saturated rings. The molecule has 0 bridgehead atoms. The van der Waals surface area contributed by atoms with Crippen LogP contribution in [0.1, 0.15) is 26.7 Å². The number of rotatable bonds is 7. The summed E-state index contributed by atoms with van der Waals surface area (Å²) < 4.78 is 10.5. The quantitative estimate of drug-likeness (QED) is 0.571. The Balaban J connectivity index is 1.70. The highest BCUT2D eigenvalue weighted by molar-refractivity contribution is 7.80. The smallest absolute Gasteiger partial charge is 0.170 e. The van der Waals surface area contributed by atoms with Crippen LogP contribution in [0.4, 0.5) is 5.69 Å². The molecule has 2 rings (SSSR count). The minimum Gasteiger partial charge on any atom is -0.493 e. The lowest BCUT2D eigenvalue weighted by Crippen LogP contribution is -2.40. The van der Waals surface area contributed by atoms with Gasteiger partial charge in [-0.1, -0.05) is 13.8 Å². The number of benzene rings is 1. The highest BCUT2D eigenvalue weighted by atomic mass is 32.1. The molecule has 2 atom stereocenters. The zero-order valence-corrected chi connectivity index (χ0v) is 16.6. The van der Waals surface area contributed by atoms with Gasteiger partial charge in [-0.2, -0.15) is 0 Å². The van der Waals surface area contributed by atoms with Gasteiger partial charge in [0.1, 0.15) is 0 Å². The average Bonchev–Trinajstić information content (AvgIpc) is 2.57. The zero-order chi connectivity index (χ0) is 18.2. The van der Waals surface area contributed by atoms with E-state index in [9.17, 15) is 0 Å². The largest absolute Gasteiger partial charge is 0.493 e. The van der Waals surface area contributed by atoms with Crippen LogP contribution in [0, 0.1) is 11.8 Å². The summed E-state index contributed by atoms with van der Waals surface area (Å²) in [5, 5.41) is 7.10. The van der Waals surface area contributed by atoms with Crippen molar-refractivity contribution in [3.8, 4) is 11.5 Å². The van der Waals surface area contributed by atoms with Crippen molar-refractivity contribution in [1.29, 1.82) is 0 Å². The van der Waals surface area contributed by atoms with Crippen LogP contribution in [0.5, 0.6) is 11.5 Å². The molecule has 1 aliphatic heterocycles. The van der Waals surface area contributed by atoms with Gasteiger partial charge in [-0.15, -0.1) is 0 Å². The van der Waals surface area contributed by atoms with Crippen molar-refractivity contribution < 1.29 is 9.47 Å². The maximum Gasteiger partial charge on any atom is 0.170 e. The summed E-state index contributed by atoms with van der Waals surface area (Å²) in [7, 11) is 3.25. The Kier molecular flexibility index (Phi) is 7.78. The van der Waals surface area contributed by atoms with Crippen LogP contribution < -0.4 is 20.1 Å². The highest BCUT2D eigenvalue weighted by Crippen LogP contribution is 2.29. The molecule has 2 unspecified atom stereocenters. The van der Waals surface area contributed by atoms with Crippen LogP contribution in [0.2, 0.25) is 0 Å². The topological polar surface area (TPSA) is 45.8 Å². The summed E-state index contributed by atoms with van der Waals surface area (Å²) in [5.41, 5.74) is 0.883. The Hall–Kier alpha value is -1.53. The second-order valence-corrected chi connectivity index (χ2v) is 7.42. The van der Waals surface area contributed by atoms with Crippen molar-refractivity contribution in [3.63, 3.8) is 0 Å². The SMILES string of the molecule is COc1ccc(NC(=S)NCCCN2CC(C)CC(C)C2)cc1OC. The normalized spacial score (nSPS) is 20.8. The Morgan fingerprint density at radius 1 is 1.16 bits per heavy atom. The van der Waals surface area contributed by atoms with Gasteiger partial charge in [0.05, 0.1) is 14.2 Å². The number of piperidine rings is 1. The number of hydrogen-bond donors (Lipinski definition) is 2. The molecule has 140 valence electrons. The second-order valence-electron chi connectivity index (χ2n) is 7.01. The molecule has 0 saturated carbocycles. The predicted octanol–water partition coefficient (Wildman–Crippen LogP) is 3.36. The molecule has 5 nitrogen and oxygen atoms in total. The minimum absolute atomic E-state index is 0.632. The van der Waals surface area contributed by atoms with Crippen LogP contribution in [-0.4, -0.2) is 50.4 Å². The van der Waals surface area contributed by atoms with Gasteiger partial charge in [0.15, 0.2) is 16.6 Å². The summed E-state index contributed by atoms with van der Waals surface area (Å²) in [5.74, 6) is 3.01. The first kappa shape index (κ1) is 19.8. The molecule has 0 radical (unpaired) electrons. The molecule has 0 spiro atoms. The summed E-state index contributed by atoms with van der Waals surface area (Å²) in [6, 6.07) is 5.66. The van der Waals surface area contributed by atoms with E-state index in [1.54, 1.807) is 14.2 Å². The van der Waals surface area contributed by atoms with Crippen molar-refractivity contribution in [3.05, 3.63) is 18.2 Å². The van der Waals surface area contributed by atoms with Crippen LogP contribution >= 0.6 is 12.2 Å². The third kappa shape index (κ3) is 6.36. The Morgan fingerprint density at radius 3 is 2.48 bits per heavy atom. The van der Waals surface area contributed by atoms with Gasteiger partial charge in [0, 0.05) is 31.4 Å². The van der Waals surface area contributed by atoms with E-state index < -0.39 is 0 Å². The van der Waals surface area contributed by atoms with E-state index in [2.05, 4.69) is 29.4 Å². The van der Waals surface area contributed by atoms with Crippen LogP contribution in [0.3, 0.4) is 0 Å². The van der Waals surface area contributed by atoms with Crippen molar-refractivity contribution in [2.45, 2.75) is 26.7 Å². The van der Waals surface area contributed by atoms with E-state index >= 15 is 0 Å². The first-order valence-corrected chi connectivity index (χ1v) is 9.42. The first-order chi connectivity index (χ1) is 12.0. The molecule has 0 aliphatic carbocycles. The predicted molar refractivity (Wildman–Crippen MR) is 108 cm³/mol. The van der Waals surface area contributed by atoms with Crippen LogP contribution in [0.15, 0.2) is 18.2 Å². The van der Waals surface area contributed by atoms with Gasteiger partial charge in [-0.3, -0.25) is 0 Å². The van der Waals surface area contributed by atoms with Gasteiger partial charge in [0.25, 0.3) is 0 Å². The molecule has 1 heterocycles. The number of methoxy groups -OCH3 is 2. The number of ether oxygens (including phenoxy) is 2. The fraction of sp³-hybridized carbons (Fsp3) is 0.632. The average molecular weight is 366 g/mol. The number of likely N-dealkylation sites (tertiary alicyclic amines) is 1. The molecule has 1 saturated heterocycles. The van der Waals surface area contributed by atoms with E-state index in [4.69, 9.17) is 21.7 Å². The van der Waals surface area contributed by atoms with Gasteiger partial charge in [0.2, 0.25) is 0 Å². The third-order valence-corrected chi connectivity index (χ3v) is 4.77. The van der Waals surface area contributed by atoms with Gasteiger partial charge < -0.3 is 25.0 Å².